The topological polar surface area (TPSA) is 72.2 Å². The molecule has 0 aliphatic heterocycles. The summed E-state index contributed by atoms with van der Waals surface area (Å²) in [6.45, 7) is 0. The number of rotatable bonds is 5. The maximum atomic E-state index is 13.4. The number of benzene rings is 2. The predicted molar refractivity (Wildman–Crippen MR) is 83.4 cm³/mol. The van der Waals surface area contributed by atoms with Gasteiger partial charge in [0, 0.05) is 17.3 Å². The Kier molecular flexibility index (Phi) is 5.03. The van der Waals surface area contributed by atoms with Crippen LogP contribution in [0.15, 0.2) is 54.6 Å². The molecule has 3 N–H and O–H groups in total. The number of para-hydroxylation sites is 1. The summed E-state index contributed by atoms with van der Waals surface area (Å²) in [5, 5.41) is 2.65. The van der Waals surface area contributed by atoms with Gasteiger partial charge >= 0.3 is 0 Å². The SMILES string of the molecule is NC(=O)Cc1ccccc1NC(=O)/C=C/c1ccccc1F. The third kappa shape index (κ3) is 4.28. The van der Waals surface area contributed by atoms with E-state index in [2.05, 4.69) is 5.32 Å². The lowest BCUT2D eigenvalue weighted by molar-refractivity contribution is -0.117. The van der Waals surface area contributed by atoms with Gasteiger partial charge in [-0.1, -0.05) is 36.4 Å². The van der Waals surface area contributed by atoms with E-state index in [1.54, 1.807) is 42.5 Å². The molecule has 0 radical (unpaired) electrons. The number of nitrogens with one attached hydrogen (secondary N) is 1. The van der Waals surface area contributed by atoms with Crippen molar-refractivity contribution in [3.8, 4) is 0 Å². The zero-order chi connectivity index (χ0) is 15.9. The average molecular weight is 298 g/mol. The molecule has 22 heavy (non-hydrogen) atoms. The summed E-state index contributed by atoms with van der Waals surface area (Å²) in [5.74, 6) is -1.30. The zero-order valence-electron chi connectivity index (χ0n) is 11.8. The first-order valence-electron chi connectivity index (χ1n) is 6.66. The van der Waals surface area contributed by atoms with Crippen molar-refractivity contribution < 1.29 is 14.0 Å². The lowest BCUT2D eigenvalue weighted by Gasteiger charge is -2.08. The highest BCUT2D eigenvalue weighted by Crippen LogP contribution is 2.16. The van der Waals surface area contributed by atoms with Gasteiger partial charge in [-0.2, -0.15) is 0 Å². The third-order valence-corrected chi connectivity index (χ3v) is 2.96. The van der Waals surface area contributed by atoms with Crippen LogP contribution in [0.25, 0.3) is 6.08 Å². The largest absolute Gasteiger partial charge is 0.369 e. The van der Waals surface area contributed by atoms with E-state index in [4.69, 9.17) is 5.73 Å². The monoisotopic (exact) mass is 298 g/mol. The first kappa shape index (κ1) is 15.4. The van der Waals surface area contributed by atoms with Crippen molar-refractivity contribution in [2.45, 2.75) is 6.42 Å². The van der Waals surface area contributed by atoms with Gasteiger partial charge in [0.1, 0.15) is 5.82 Å². The second-order valence-corrected chi connectivity index (χ2v) is 4.64. The van der Waals surface area contributed by atoms with Gasteiger partial charge in [0.05, 0.1) is 6.42 Å². The summed E-state index contributed by atoms with van der Waals surface area (Å²) in [6, 6.07) is 13.0. The molecule has 0 aliphatic carbocycles. The van der Waals surface area contributed by atoms with Crippen molar-refractivity contribution in [3.05, 3.63) is 71.6 Å². The molecule has 2 aromatic rings. The molecule has 112 valence electrons. The Bertz CT molecular complexity index is 726. The number of hydrogen-bond acceptors (Lipinski definition) is 2. The van der Waals surface area contributed by atoms with Gasteiger partial charge in [-0.15, -0.1) is 0 Å². The fourth-order valence-corrected chi connectivity index (χ4v) is 1.93. The van der Waals surface area contributed by atoms with Crippen molar-refractivity contribution in [3.63, 3.8) is 0 Å². The van der Waals surface area contributed by atoms with Crippen molar-refractivity contribution in [1.82, 2.24) is 0 Å². The molecular weight excluding hydrogens is 283 g/mol. The molecule has 0 saturated heterocycles. The van der Waals surface area contributed by atoms with Gasteiger partial charge in [-0.05, 0) is 23.8 Å². The molecule has 2 amide bonds. The highest BCUT2D eigenvalue weighted by atomic mass is 19.1. The third-order valence-electron chi connectivity index (χ3n) is 2.96. The van der Waals surface area contributed by atoms with E-state index in [-0.39, 0.29) is 6.42 Å². The molecule has 0 unspecified atom stereocenters. The zero-order valence-corrected chi connectivity index (χ0v) is 11.8. The second kappa shape index (κ2) is 7.17. The fraction of sp³-hybridized carbons (Fsp3) is 0.0588. The minimum atomic E-state index is -0.483. The van der Waals surface area contributed by atoms with Gasteiger partial charge in [0.25, 0.3) is 0 Å². The number of primary amides is 1. The first-order valence-corrected chi connectivity index (χ1v) is 6.66. The molecule has 0 aliphatic rings. The maximum absolute atomic E-state index is 13.4. The van der Waals surface area contributed by atoms with E-state index in [9.17, 15) is 14.0 Å². The average Bonchev–Trinajstić information content (AvgIpc) is 2.48. The fourth-order valence-electron chi connectivity index (χ4n) is 1.93. The van der Waals surface area contributed by atoms with Crippen LogP contribution in [-0.4, -0.2) is 11.8 Å². The minimum absolute atomic E-state index is 0.0352. The number of amides is 2. The molecular formula is C17H15FN2O2. The summed E-state index contributed by atoms with van der Waals surface area (Å²) in [7, 11) is 0. The highest BCUT2D eigenvalue weighted by molar-refractivity contribution is 6.02. The second-order valence-electron chi connectivity index (χ2n) is 4.64. The Morgan fingerprint density at radius 3 is 2.50 bits per heavy atom. The molecule has 0 heterocycles. The number of halogens is 1. The van der Waals surface area contributed by atoms with E-state index >= 15 is 0 Å². The standard InChI is InChI=1S/C17H15FN2O2/c18-14-7-3-1-5-12(14)9-10-17(22)20-15-8-4-2-6-13(15)11-16(19)21/h1-10H,11H2,(H2,19,21)(H,20,22)/b10-9+. The molecule has 4 nitrogen and oxygen atoms in total. The molecule has 0 spiro atoms. The Labute approximate surface area is 127 Å². The Hall–Kier alpha value is -2.95. The van der Waals surface area contributed by atoms with Gasteiger partial charge < -0.3 is 11.1 Å². The minimum Gasteiger partial charge on any atom is -0.369 e. The van der Waals surface area contributed by atoms with E-state index in [1.165, 1.54) is 18.2 Å². The number of carbonyl (C=O) groups is 2. The molecule has 0 bridgehead atoms. The van der Waals surface area contributed by atoms with Crippen molar-refractivity contribution >= 4 is 23.6 Å². The van der Waals surface area contributed by atoms with E-state index < -0.39 is 17.6 Å². The molecule has 0 fully saturated rings. The van der Waals surface area contributed by atoms with Gasteiger partial charge in [0.15, 0.2) is 0 Å². The molecule has 2 aromatic carbocycles. The van der Waals surface area contributed by atoms with Crippen LogP contribution in [0.1, 0.15) is 11.1 Å². The van der Waals surface area contributed by atoms with Crippen LogP contribution >= 0.6 is 0 Å². The number of carbonyl (C=O) groups excluding carboxylic acids is 2. The summed E-state index contributed by atoms with van der Waals surface area (Å²) in [4.78, 5) is 22.9. The van der Waals surface area contributed by atoms with Gasteiger partial charge in [-0.25, -0.2) is 4.39 Å². The van der Waals surface area contributed by atoms with Gasteiger partial charge in [-0.3, -0.25) is 9.59 Å². The quantitative estimate of drug-likeness (QED) is 0.832. The van der Waals surface area contributed by atoms with Crippen molar-refractivity contribution in [1.29, 1.82) is 0 Å². The summed E-state index contributed by atoms with van der Waals surface area (Å²) < 4.78 is 13.4. The maximum Gasteiger partial charge on any atom is 0.248 e. The molecule has 2 rings (SSSR count). The predicted octanol–water partition coefficient (Wildman–Crippen LogP) is 2.51. The Balaban J connectivity index is 2.10. The van der Waals surface area contributed by atoms with Crippen LogP contribution < -0.4 is 11.1 Å². The van der Waals surface area contributed by atoms with Crippen LogP contribution in [0.3, 0.4) is 0 Å². The normalized spacial score (nSPS) is 10.6. The van der Waals surface area contributed by atoms with Crippen LogP contribution in [0.5, 0.6) is 0 Å². The summed E-state index contributed by atoms with van der Waals surface area (Å²) in [5.41, 5.74) is 6.62. The molecule has 5 heteroatoms. The number of hydrogen-bond donors (Lipinski definition) is 2. The molecule has 0 saturated carbocycles. The highest BCUT2D eigenvalue weighted by Gasteiger charge is 2.07. The summed E-state index contributed by atoms with van der Waals surface area (Å²) >= 11 is 0. The van der Waals surface area contributed by atoms with E-state index in [0.29, 0.717) is 16.8 Å². The summed E-state index contributed by atoms with van der Waals surface area (Å²) in [6.07, 6.45) is 2.66. The van der Waals surface area contributed by atoms with E-state index in [1.807, 2.05) is 0 Å². The first-order chi connectivity index (χ1) is 10.6. The molecule has 0 aromatic heterocycles. The lowest BCUT2D eigenvalue weighted by Crippen LogP contribution is -2.16. The lowest BCUT2D eigenvalue weighted by atomic mass is 10.1. The van der Waals surface area contributed by atoms with Crippen molar-refractivity contribution in [2.75, 3.05) is 5.32 Å². The Morgan fingerprint density at radius 1 is 1.09 bits per heavy atom. The number of nitrogens with two attached hydrogens (primary N) is 1. The Morgan fingerprint density at radius 2 is 1.77 bits per heavy atom. The van der Waals surface area contributed by atoms with Crippen molar-refractivity contribution in [2.24, 2.45) is 5.73 Å². The van der Waals surface area contributed by atoms with Crippen LogP contribution in [0, 0.1) is 5.82 Å². The van der Waals surface area contributed by atoms with Gasteiger partial charge in [0.2, 0.25) is 11.8 Å². The molecule has 0 atom stereocenters. The smallest absolute Gasteiger partial charge is 0.248 e. The van der Waals surface area contributed by atoms with E-state index in [0.717, 1.165) is 0 Å². The number of anilines is 1. The van der Waals surface area contributed by atoms with Crippen LogP contribution in [-0.2, 0) is 16.0 Å². The van der Waals surface area contributed by atoms with Crippen LogP contribution in [0.4, 0.5) is 10.1 Å². The van der Waals surface area contributed by atoms with Crippen LogP contribution in [0.2, 0.25) is 0 Å².